The minimum Gasteiger partial charge on any atom is -0.368 e. The van der Waals surface area contributed by atoms with Gasteiger partial charge in [0.2, 0.25) is 5.91 Å². The van der Waals surface area contributed by atoms with Crippen molar-refractivity contribution in [2.45, 2.75) is 12.1 Å². The van der Waals surface area contributed by atoms with E-state index in [2.05, 4.69) is 27.4 Å². The van der Waals surface area contributed by atoms with Crippen molar-refractivity contribution in [3.05, 3.63) is 60.7 Å². The average molecular weight is 418 g/mol. The van der Waals surface area contributed by atoms with Crippen molar-refractivity contribution in [1.82, 2.24) is 9.91 Å². The Labute approximate surface area is 179 Å². The fraction of sp³-hybridized carbons (Fsp3) is 0.318. The van der Waals surface area contributed by atoms with Gasteiger partial charge in [-0.25, -0.2) is 4.90 Å². The van der Waals surface area contributed by atoms with Crippen LogP contribution >= 0.6 is 0 Å². The number of carbonyl (C=O) groups excluding carboxylic acids is 3. The normalized spacial score (nSPS) is 23.0. The number of carbonyl (C=O) groups is 3. The highest BCUT2D eigenvalue weighted by Crippen LogP contribution is 2.31. The second-order valence-corrected chi connectivity index (χ2v) is 7.74. The lowest BCUT2D eigenvalue weighted by Gasteiger charge is -2.36. The number of nitrogens with zero attached hydrogens (tertiary/aromatic N) is 6. The molecule has 0 N–H and O–H groups in total. The summed E-state index contributed by atoms with van der Waals surface area (Å²) in [4.78, 5) is 43.7. The van der Waals surface area contributed by atoms with Gasteiger partial charge in [-0.2, -0.15) is 5.11 Å². The van der Waals surface area contributed by atoms with Crippen molar-refractivity contribution in [1.29, 1.82) is 0 Å². The van der Waals surface area contributed by atoms with Crippen molar-refractivity contribution >= 4 is 29.1 Å². The zero-order valence-corrected chi connectivity index (χ0v) is 16.9. The predicted molar refractivity (Wildman–Crippen MR) is 113 cm³/mol. The molecule has 158 valence electrons. The maximum Gasteiger partial charge on any atom is 0.263 e. The Morgan fingerprint density at radius 1 is 0.839 bits per heavy atom. The molecule has 9 heteroatoms. The number of hydrogen-bond acceptors (Lipinski definition) is 7. The Morgan fingerprint density at radius 3 is 2.10 bits per heavy atom. The van der Waals surface area contributed by atoms with Crippen LogP contribution in [0, 0.1) is 0 Å². The first-order valence-corrected chi connectivity index (χ1v) is 10.3. The molecule has 2 atom stereocenters. The van der Waals surface area contributed by atoms with E-state index in [0.29, 0.717) is 18.8 Å². The van der Waals surface area contributed by atoms with Gasteiger partial charge in [0.1, 0.15) is 6.54 Å². The summed E-state index contributed by atoms with van der Waals surface area (Å²) >= 11 is 0. The summed E-state index contributed by atoms with van der Waals surface area (Å²) in [5.74, 6) is -0.921. The number of fused-ring (bicyclic) bond motifs is 1. The molecular weight excluding hydrogens is 396 g/mol. The Kier molecular flexibility index (Phi) is 4.85. The molecule has 3 aliphatic rings. The maximum absolute atomic E-state index is 13.0. The number of hydrogen-bond donors (Lipinski definition) is 0. The number of amides is 3. The van der Waals surface area contributed by atoms with Gasteiger partial charge in [-0.15, -0.1) is 0 Å². The number of piperazine rings is 1. The van der Waals surface area contributed by atoms with E-state index in [0.717, 1.165) is 23.7 Å². The Bertz CT molecular complexity index is 1020. The molecular formula is C22H22N6O3. The molecule has 0 aliphatic carbocycles. The summed E-state index contributed by atoms with van der Waals surface area (Å²) < 4.78 is 0. The van der Waals surface area contributed by atoms with Gasteiger partial charge in [-0.05, 0) is 24.3 Å². The first-order valence-electron chi connectivity index (χ1n) is 10.3. The quantitative estimate of drug-likeness (QED) is 0.699. The summed E-state index contributed by atoms with van der Waals surface area (Å²) in [6, 6.07) is 17.1. The van der Waals surface area contributed by atoms with Crippen molar-refractivity contribution in [3.8, 4) is 0 Å². The van der Waals surface area contributed by atoms with E-state index in [1.165, 1.54) is 5.01 Å². The largest absolute Gasteiger partial charge is 0.368 e. The third-order valence-corrected chi connectivity index (χ3v) is 5.92. The van der Waals surface area contributed by atoms with E-state index in [9.17, 15) is 14.4 Å². The van der Waals surface area contributed by atoms with Gasteiger partial charge in [0.15, 0.2) is 12.1 Å². The van der Waals surface area contributed by atoms with Gasteiger partial charge in [0.05, 0.1) is 5.69 Å². The number of para-hydroxylation sites is 2. The van der Waals surface area contributed by atoms with Gasteiger partial charge in [0, 0.05) is 31.9 Å². The molecule has 0 aromatic heterocycles. The average Bonchev–Trinajstić information content (AvgIpc) is 3.34. The summed E-state index contributed by atoms with van der Waals surface area (Å²) in [6.07, 6.45) is 0. The summed E-state index contributed by atoms with van der Waals surface area (Å²) in [6.45, 7) is 2.59. The lowest BCUT2D eigenvalue weighted by Crippen LogP contribution is -2.52. The number of benzene rings is 2. The first-order chi connectivity index (χ1) is 15.1. The minimum absolute atomic E-state index is 0.0718. The van der Waals surface area contributed by atoms with Crippen LogP contribution in [0.2, 0.25) is 0 Å². The van der Waals surface area contributed by atoms with Gasteiger partial charge in [-0.3, -0.25) is 19.4 Å². The molecule has 9 nitrogen and oxygen atoms in total. The minimum atomic E-state index is -0.893. The van der Waals surface area contributed by atoms with E-state index >= 15 is 0 Å². The van der Waals surface area contributed by atoms with Gasteiger partial charge < -0.3 is 9.80 Å². The molecule has 2 saturated heterocycles. The third kappa shape index (κ3) is 3.41. The van der Waals surface area contributed by atoms with Crippen LogP contribution in [-0.4, -0.2) is 72.4 Å². The standard InChI is InChI=1S/C22H22N6O3/c29-18(26-13-11-25(12-14-26)16-7-3-1-4-8-16)15-27-20-19(23-24-27)21(30)28(22(20)31)17-9-5-2-6-10-17/h1-10,19-20H,11-15H2/t19-,20-/m1/s1. The van der Waals surface area contributed by atoms with Crippen LogP contribution in [0.15, 0.2) is 71.0 Å². The van der Waals surface area contributed by atoms with Crippen LogP contribution in [0.4, 0.5) is 11.4 Å². The zero-order chi connectivity index (χ0) is 21.4. The second kappa shape index (κ2) is 7.82. The molecule has 2 aromatic rings. The Balaban J connectivity index is 1.22. The molecule has 5 rings (SSSR count). The van der Waals surface area contributed by atoms with Crippen molar-refractivity contribution in [2.75, 3.05) is 42.5 Å². The van der Waals surface area contributed by atoms with E-state index in [4.69, 9.17) is 0 Å². The highest BCUT2D eigenvalue weighted by atomic mass is 16.2. The first kappa shape index (κ1) is 19.2. The molecule has 3 heterocycles. The highest BCUT2D eigenvalue weighted by molar-refractivity contribution is 6.25. The maximum atomic E-state index is 13.0. The molecule has 3 aliphatic heterocycles. The Morgan fingerprint density at radius 2 is 1.45 bits per heavy atom. The molecule has 2 aromatic carbocycles. The number of imide groups is 1. The number of rotatable bonds is 4. The second-order valence-electron chi connectivity index (χ2n) is 7.74. The molecule has 0 unspecified atom stereocenters. The van der Waals surface area contributed by atoms with Crippen LogP contribution in [-0.2, 0) is 14.4 Å². The van der Waals surface area contributed by atoms with E-state index in [1.807, 2.05) is 24.3 Å². The third-order valence-electron chi connectivity index (χ3n) is 5.92. The van der Waals surface area contributed by atoms with E-state index in [-0.39, 0.29) is 12.5 Å². The zero-order valence-electron chi connectivity index (χ0n) is 16.9. The van der Waals surface area contributed by atoms with E-state index in [1.54, 1.807) is 29.2 Å². The summed E-state index contributed by atoms with van der Waals surface area (Å²) in [7, 11) is 0. The molecule has 31 heavy (non-hydrogen) atoms. The topological polar surface area (TPSA) is 88.9 Å². The molecule has 0 spiro atoms. The molecule has 2 fully saturated rings. The predicted octanol–water partition coefficient (Wildman–Crippen LogP) is 1.33. The van der Waals surface area contributed by atoms with E-state index < -0.39 is 23.9 Å². The SMILES string of the molecule is O=C(CN1N=N[C@H]2C(=O)N(c3ccccc3)C(=O)[C@@H]21)N1CCN(c2ccccc2)CC1. The smallest absolute Gasteiger partial charge is 0.263 e. The molecule has 0 saturated carbocycles. The fourth-order valence-electron chi connectivity index (χ4n) is 4.28. The lowest BCUT2D eigenvalue weighted by atomic mass is 10.1. The van der Waals surface area contributed by atoms with Gasteiger partial charge in [0.25, 0.3) is 11.8 Å². The Hall–Kier alpha value is -3.75. The van der Waals surface area contributed by atoms with Crippen LogP contribution in [0.5, 0.6) is 0 Å². The van der Waals surface area contributed by atoms with Crippen LogP contribution in [0.3, 0.4) is 0 Å². The summed E-state index contributed by atoms with van der Waals surface area (Å²) in [5.41, 5.74) is 1.65. The fourth-order valence-corrected chi connectivity index (χ4v) is 4.28. The van der Waals surface area contributed by atoms with Gasteiger partial charge in [-0.1, -0.05) is 41.6 Å². The van der Waals surface area contributed by atoms with Crippen LogP contribution < -0.4 is 9.80 Å². The lowest BCUT2D eigenvalue weighted by molar-refractivity contribution is -0.134. The van der Waals surface area contributed by atoms with Crippen LogP contribution in [0.25, 0.3) is 0 Å². The highest BCUT2D eigenvalue weighted by Gasteiger charge is 2.55. The van der Waals surface area contributed by atoms with Gasteiger partial charge >= 0.3 is 0 Å². The monoisotopic (exact) mass is 418 g/mol. The van der Waals surface area contributed by atoms with Crippen molar-refractivity contribution < 1.29 is 14.4 Å². The number of anilines is 2. The van der Waals surface area contributed by atoms with Crippen molar-refractivity contribution in [2.24, 2.45) is 10.3 Å². The summed E-state index contributed by atoms with van der Waals surface area (Å²) in [5, 5.41) is 9.34. The molecule has 0 radical (unpaired) electrons. The molecule has 0 bridgehead atoms. The molecule has 3 amide bonds. The van der Waals surface area contributed by atoms with Crippen LogP contribution in [0.1, 0.15) is 0 Å². The van der Waals surface area contributed by atoms with Crippen molar-refractivity contribution in [3.63, 3.8) is 0 Å².